The molecule has 0 spiro atoms. The number of hydrogen-bond donors (Lipinski definition) is 1. The first-order chi connectivity index (χ1) is 15.1. The third-order valence-electron chi connectivity index (χ3n) is 5.79. The molecular weight excluding hydrogens is 388 g/mol. The maximum atomic E-state index is 5.43. The molecule has 1 fully saturated rings. The molecule has 6 nitrogen and oxygen atoms in total. The predicted molar refractivity (Wildman–Crippen MR) is 129 cm³/mol. The Morgan fingerprint density at radius 1 is 1.13 bits per heavy atom. The van der Waals surface area contributed by atoms with E-state index in [1.807, 2.05) is 12.1 Å². The summed E-state index contributed by atoms with van der Waals surface area (Å²) in [6.45, 7) is 6.89. The molecule has 0 saturated carbocycles. The summed E-state index contributed by atoms with van der Waals surface area (Å²) in [5.41, 5.74) is 2.53. The van der Waals surface area contributed by atoms with E-state index in [0.717, 1.165) is 56.6 Å². The number of likely N-dealkylation sites (N-methyl/N-ethyl adjacent to an activating group) is 1. The maximum absolute atomic E-state index is 5.43. The van der Waals surface area contributed by atoms with Gasteiger partial charge in [-0.3, -0.25) is 4.99 Å². The highest BCUT2D eigenvalue weighted by Crippen LogP contribution is 2.28. The van der Waals surface area contributed by atoms with Crippen LogP contribution in [0.15, 0.2) is 53.5 Å². The third-order valence-corrected chi connectivity index (χ3v) is 5.79. The number of hydrogen-bond acceptors (Lipinski definition) is 4. The van der Waals surface area contributed by atoms with Gasteiger partial charge in [0.1, 0.15) is 0 Å². The molecule has 3 rings (SSSR count). The van der Waals surface area contributed by atoms with Crippen molar-refractivity contribution in [1.82, 2.24) is 10.2 Å². The van der Waals surface area contributed by atoms with E-state index in [0.29, 0.717) is 5.92 Å². The molecule has 168 valence electrons. The van der Waals surface area contributed by atoms with Gasteiger partial charge in [0.2, 0.25) is 0 Å². The highest BCUT2D eigenvalue weighted by atomic mass is 16.5. The van der Waals surface area contributed by atoms with Gasteiger partial charge < -0.3 is 24.6 Å². The van der Waals surface area contributed by atoms with Crippen molar-refractivity contribution in [2.24, 2.45) is 10.9 Å². The lowest BCUT2D eigenvalue weighted by molar-refractivity contribution is 0.354. The SMILES string of the molecule is CCNC(=NCC1CCN(c2ccccc2)C1)N(C)CCc1ccc(OC)c(OC)c1. The van der Waals surface area contributed by atoms with Crippen LogP contribution in [-0.4, -0.2) is 64.9 Å². The number of rotatable bonds is 9. The number of guanidine groups is 1. The topological polar surface area (TPSA) is 49.3 Å². The fourth-order valence-corrected chi connectivity index (χ4v) is 3.98. The fraction of sp³-hybridized carbons (Fsp3) is 0.480. The quantitative estimate of drug-likeness (QED) is 0.492. The predicted octanol–water partition coefficient (Wildman–Crippen LogP) is 3.67. The highest BCUT2D eigenvalue weighted by molar-refractivity contribution is 5.79. The Hall–Kier alpha value is -2.89. The van der Waals surface area contributed by atoms with E-state index in [9.17, 15) is 0 Å². The second-order valence-corrected chi connectivity index (χ2v) is 7.99. The van der Waals surface area contributed by atoms with Crippen LogP contribution >= 0.6 is 0 Å². The maximum Gasteiger partial charge on any atom is 0.193 e. The number of aliphatic imine (C=N–C) groups is 1. The largest absolute Gasteiger partial charge is 0.493 e. The first kappa shape index (κ1) is 22.8. The van der Waals surface area contributed by atoms with Gasteiger partial charge in [0.05, 0.1) is 14.2 Å². The number of anilines is 1. The van der Waals surface area contributed by atoms with E-state index in [1.165, 1.54) is 17.7 Å². The molecule has 0 aliphatic carbocycles. The number of ether oxygens (including phenoxy) is 2. The van der Waals surface area contributed by atoms with Crippen molar-refractivity contribution in [2.45, 2.75) is 19.8 Å². The zero-order valence-corrected chi connectivity index (χ0v) is 19.3. The van der Waals surface area contributed by atoms with E-state index >= 15 is 0 Å². The summed E-state index contributed by atoms with van der Waals surface area (Å²) in [6.07, 6.45) is 2.10. The van der Waals surface area contributed by atoms with Crippen LogP contribution in [-0.2, 0) is 6.42 Å². The minimum atomic E-state index is 0.591. The molecule has 2 aromatic carbocycles. The molecule has 0 aromatic heterocycles. The second kappa shape index (κ2) is 11.5. The monoisotopic (exact) mass is 424 g/mol. The Morgan fingerprint density at radius 3 is 2.61 bits per heavy atom. The van der Waals surface area contributed by atoms with Gasteiger partial charge in [0.15, 0.2) is 17.5 Å². The van der Waals surface area contributed by atoms with E-state index in [2.05, 4.69) is 65.5 Å². The average Bonchev–Trinajstić information content (AvgIpc) is 3.29. The van der Waals surface area contributed by atoms with Crippen LogP contribution in [0.4, 0.5) is 5.69 Å². The summed E-state index contributed by atoms with van der Waals surface area (Å²) in [7, 11) is 5.44. The van der Waals surface area contributed by atoms with Crippen molar-refractivity contribution in [2.75, 3.05) is 58.9 Å². The van der Waals surface area contributed by atoms with Gasteiger partial charge in [0.25, 0.3) is 0 Å². The van der Waals surface area contributed by atoms with E-state index in [1.54, 1.807) is 14.2 Å². The summed E-state index contributed by atoms with van der Waals surface area (Å²) >= 11 is 0. The zero-order valence-electron chi connectivity index (χ0n) is 19.3. The van der Waals surface area contributed by atoms with E-state index in [4.69, 9.17) is 14.5 Å². The first-order valence-electron chi connectivity index (χ1n) is 11.1. The first-order valence-corrected chi connectivity index (χ1v) is 11.1. The average molecular weight is 425 g/mol. The molecule has 2 aromatic rings. The molecule has 1 unspecified atom stereocenters. The number of nitrogens with one attached hydrogen (secondary N) is 1. The third kappa shape index (κ3) is 6.29. The Labute approximate surface area is 186 Å². The minimum Gasteiger partial charge on any atom is -0.493 e. The van der Waals surface area contributed by atoms with Crippen molar-refractivity contribution in [3.05, 3.63) is 54.1 Å². The summed E-state index contributed by atoms with van der Waals surface area (Å²) in [5, 5.41) is 3.44. The van der Waals surface area contributed by atoms with Crippen LogP contribution in [0.3, 0.4) is 0 Å². The Balaban J connectivity index is 1.55. The van der Waals surface area contributed by atoms with Gasteiger partial charge in [-0.2, -0.15) is 0 Å². The molecule has 1 aliphatic rings. The molecule has 1 atom stereocenters. The van der Waals surface area contributed by atoms with Crippen molar-refractivity contribution in [1.29, 1.82) is 0 Å². The zero-order chi connectivity index (χ0) is 22.1. The number of para-hydroxylation sites is 1. The highest BCUT2D eigenvalue weighted by Gasteiger charge is 2.22. The lowest BCUT2D eigenvalue weighted by Crippen LogP contribution is -2.40. The lowest BCUT2D eigenvalue weighted by atomic mass is 10.1. The standard InChI is InChI=1S/C25H36N4O2/c1-5-26-25(27-18-21-14-16-29(19-21)22-9-7-6-8-10-22)28(2)15-13-20-11-12-23(30-3)24(17-20)31-4/h6-12,17,21H,5,13-16,18-19H2,1-4H3,(H,26,27). The van der Waals surface area contributed by atoms with Gasteiger partial charge in [-0.15, -0.1) is 0 Å². The molecule has 1 aliphatic heterocycles. The van der Waals surface area contributed by atoms with Crippen LogP contribution in [0.2, 0.25) is 0 Å². The summed E-state index contributed by atoms with van der Waals surface area (Å²) in [4.78, 5) is 9.64. The van der Waals surface area contributed by atoms with Crippen LogP contribution in [0.1, 0.15) is 18.9 Å². The van der Waals surface area contributed by atoms with Gasteiger partial charge in [-0.1, -0.05) is 24.3 Å². The van der Waals surface area contributed by atoms with E-state index in [-0.39, 0.29) is 0 Å². The van der Waals surface area contributed by atoms with Gasteiger partial charge in [-0.25, -0.2) is 0 Å². The molecule has 0 radical (unpaired) electrons. The van der Waals surface area contributed by atoms with Crippen LogP contribution < -0.4 is 19.7 Å². The number of nitrogens with zero attached hydrogens (tertiary/aromatic N) is 3. The van der Waals surface area contributed by atoms with Gasteiger partial charge >= 0.3 is 0 Å². The molecule has 1 heterocycles. The normalized spacial score (nSPS) is 16.3. The minimum absolute atomic E-state index is 0.591. The van der Waals surface area contributed by atoms with Crippen molar-refractivity contribution >= 4 is 11.6 Å². The van der Waals surface area contributed by atoms with Crippen molar-refractivity contribution < 1.29 is 9.47 Å². The molecular formula is C25H36N4O2. The molecule has 0 bridgehead atoms. The molecule has 0 amide bonds. The van der Waals surface area contributed by atoms with Crippen LogP contribution in [0.25, 0.3) is 0 Å². The van der Waals surface area contributed by atoms with Crippen molar-refractivity contribution in [3.8, 4) is 11.5 Å². The fourth-order valence-electron chi connectivity index (χ4n) is 3.98. The van der Waals surface area contributed by atoms with Crippen LogP contribution in [0.5, 0.6) is 11.5 Å². The smallest absolute Gasteiger partial charge is 0.193 e. The molecule has 1 N–H and O–H groups in total. The number of benzene rings is 2. The van der Waals surface area contributed by atoms with Gasteiger partial charge in [-0.05, 0) is 55.5 Å². The Kier molecular flexibility index (Phi) is 8.44. The Bertz CT molecular complexity index is 841. The lowest BCUT2D eigenvalue weighted by Gasteiger charge is -2.23. The Morgan fingerprint density at radius 2 is 1.90 bits per heavy atom. The van der Waals surface area contributed by atoms with Gasteiger partial charge in [0, 0.05) is 45.5 Å². The van der Waals surface area contributed by atoms with Crippen LogP contribution in [0, 0.1) is 5.92 Å². The molecule has 1 saturated heterocycles. The summed E-state index contributed by atoms with van der Waals surface area (Å²) in [6, 6.07) is 16.8. The number of methoxy groups -OCH3 is 2. The van der Waals surface area contributed by atoms with Crippen molar-refractivity contribution in [3.63, 3.8) is 0 Å². The summed E-state index contributed by atoms with van der Waals surface area (Å²) < 4.78 is 10.8. The molecule has 6 heteroatoms. The summed E-state index contributed by atoms with van der Waals surface area (Å²) in [5.74, 6) is 3.09. The second-order valence-electron chi connectivity index (χ2n) is 7.99. The molecule has 31 heavy (non-hydrogen) atoms. The van der Waals surface area contributed by atoms with E-state index < -0.39 is 0 Å².